The van der Waals surface area contributed by atoms with Gasteiger partial charge in [0.25, 0.3) is 0 Å². The van der Waals surface area contributed by atoms with Gasteiger partial charge in [0.2, 0.25) is 11.8 Å². The number of alkyl halides is 2. The van der Waals surface area contributed by atoms with Crippen molar-refractivity contribution in [2.24, 2.45) is 5.92 Å². The maximum atomic E-state index is 13.0. The molecule has 1 aliphatic carbocycles. The standard InChI is InChI=1S/C13H15F2IN2O/c1-8-10(16)2-3-11(17-8)18-12(19)9-4-6-13(14,15)7-5-9/h2-3,9H,4-7H2,1H3,(H,17,18,19). The molecule has 1 aromatic rings. The van der Waals surface area contributed by atoms with Crippen molar-refractivity contribution in [2.75, 3.05) is 5.32 Å². The molecule has 19 heavy (non-hydrogen) atoms. The Morgan fingerprint density at radius 2 is 2.05 bits per heavy atom. The molecule has 1 heterocycles. The Morgan fingerprint density at radius 1 is 1.42 bits per heavy atom. The number of nitrogens with one attached hydrogen (secondary N) is 1. The van der Waals surface area contributed by atoms with Crippen molar-refractivity contribution >= 4 is 34.3 Å². The number of anilines is 1. The highest BCUT2D eigenvalue weighted by atomic mass is 127. The molecule has 6 heteroatoms. The van der Waals surface area contributed by atoms with E-state index in [1.165, 1.54) is 0 Å². The second kappa shape index (κ2) is 5.68. The van der Waals surface area contributed by atoms with Gasteiger partial charge >= 0.3 is 0 Å². The second-order valence-corrected chi connectivity index (χ2v) is 6.05. The molecule has 1 amide bonds. The van der Waals surface area contributed by atoms with E-state index in [0.717, 1.165) is 9.26 Å². The number of amides is 1. The van der Waals surface area contributed by atoms with Gasteiger partial charge in [-0.15, -0.1) is 0 Å². The van der Waals surface area contributed by atoms with Gasteiger partial charge in [-0.3, -0.25) is 4.79 Å². The van der Waals surface area contributed by atoms with Crippen molar-refractivity contribution in [1.82, 2.24) is 4.98 Å². The van der Waals surface area contributed by atoms with Crippen LogP contribution in [0.3, 0.4) is 0 Å². The molecule has 0 atom stereocenters. The lowest BCUT2D eigenvalue weighted by Crippen LogP contribution is -2.32. The highest BCUT2D eigenvalue weighted by molar-refractivity contribution is 14.1. The van der Waals surface area contributed by atoms with Crippen molar-refractivity contribution in [2.45, 2.75) is 38.5 Å². The minimum atomic E-state index is -2.60. The molecule has 0 aromatic carbocycles. The van der Waals surface area contributed by atoms with Gasteiger partial charge in [0.15, 0.2) is 0 Å². The fourth-order valence-corrected chi connectivity index (χ4v) is 2.44. The van der Waals surface area contributed by atoms with Crippen LogP contribution in [0.4, 0.5) is 14.6 Å². The van der Waals surface area contributed by atoms with E-state index in [9.17, 15) is 13.6 Å². The fourth-order valence-electron chi connectivity index (χ4n) is 2.14. The van der Waals surface area contributed by atoms with Gasteiger partial charge in [0.05, 0.1) is 5.69 Å². The van der Waals surface area contributed by atoms with E-state index in [0.29, 0.717) is 5.82 Å². The number of hydrogen-bond donors (Lipinski definition) is 1. The Morgan fingerprint density at radius 3 is 2.63 bits per heavy atom. The largest absolute Gasteiger partial charge is 0.310 e. The van der Waals surface area contributed by atoms with E-state index in [-0.39, 0.29) is 37.5 Å². The average molecular weight is 380 g/mol. The third-order valence-corrected chi connectivity index (χ3v) is 4.50. The van der Waals surface area contributed by atoms with Crippen LogP contribution in [-0.4, -0.2) is 16.8 Å². The van der Waals surface area contributed by atoms with Crippen molar-refractivity contribution < 1.29 is 13.6 Å². The molecule has 2 rings (SSSR count). The van der Waals surface area contributed by atoms with Gasteiger partial charge in [-0.1, -0.05) is 0 Å². The fraction of sp³-hybridized carbons (Fsp3) is 0.538. The molecule has 0 spiro atoms. The first-order valence-electron chi connectivity index (χ1n) is 6.19. The van der Waals surface area contributed by atoms with Crippen molar-refractivity contribution in [3.8, 4) is 0 Å². The summed E-state index contributed by atoms with van der Waals surface area (Å²) in [7, 11) is 0. The summed E-state index contributed by atoms with van der Waals surface area (Å²) in [6, 6.07) is 3.59. The van der Waals surface area contributed by atoms with Crippen molar-refractivity contribution in [3.63, 3.8) is 0 Å². The molecule has 0 saturated heterocycles. The van der Waals surface area contributed by atoms with E-state index in [4.69, 9.17) is 0 Å². The lowest BCUT2D eigenvalue weighted by atomic mass is 9.86. The van der Waals surface area contributed by atoms with Crippen LogP contribution in [0.25, 0.3) is 0 Å². The molecule has 1 fully saturated rings. The highest BCUT2D eigenvalue weighted by Gasteiger charge is 2.37. The van der Waals surface area contributed by atoms with Crippen LogP contribution in [0.15, 0.2) is 12.1 Å². The quantitative estimate of drug-likeness (QED) is 0.794. The van der Waals surface area contributed by atoms with E-state index in [1.54, 1.807) is 6.07 Å². The summed E-state index contributed by atoms with van der Waals surface area (Å²) in [6.45, 7) is 1.86. The Hall–Kier alpha value is -0.790. The summed E-state index contributed by atoms with van der Waals surface area (Å²) in [6.07, 6.45) is 0.0683. The molecule has 0 unspecified atom stereocenters. The number of carbonyl (C=O) groups is 1. The van der Waals surface area contributed by atoms with Crippen LogP contribution in [0.1, 0.15) is 31.4 Å². The van der Waals surface area contributed by atoms with Gasteiger partial charge in [-0.05, 0) is 54.5 Å². The predicted molar refractivity (Wildman–Crippen MR) is 77.2 cm³/mol. The molecule has 0 radical (unpaired) electrons. The average Bonchev–Trinajstić information content (AvgIpc) is 2.33. The molecule has 1 N–H and O–H groups in total. The Labute approximate surface area is 124 Å². The van der Waals surface area contributed by atoms with Gasteiger partial charge in [-0.25, -0.2) is 13.8 Å². The molecular weight excluding hydrogens is 365 g/mol. The third kappa shape index (κ3) is 3.84. The molecule has 104 valence electrons. The summed E-state index contributed by atoms with van der Waals surface area (Å²) in [4.78, 5) is 16.2. The molecule has 0 aliphatic heterocycles. The third-order valence-electron chi connectivity index (χ3n) is 3.36. The molecule has 1 aliphatic rings. The molecule has 1 saturated carbocycles. The number of aromatic nitrogens is 1. The number of pyridine rings is 1. The van der Waals surface area contributed by atoms with Crippen LogP contribution in [0.5, 0.6) is 0 Å². The summed E-state index contributed by atoms with van der Waals surface area (Å²) in [5.41, 5.74) is 0.841. The predicted octanol–water partition coefficient (Wildman–Crippen LogP) is 3.76. The monoisotopic (exact) mass is 380 g/mol. The van der Waals surface area contributed by atoms with E-state index in [1.807, 2.05) is 13.0 Å². The maximum Gasteiger partial charge on any atom is 0.248 e. The lowest BCUT2D eigenvalue weighted by Gasteiger charge is -2.27. The van der Waals surface area contributed by atoms with Gasteiger partial charge in [0, 0.05) is 22.3 Å². The van der Waals surface area contributed by atoms with Gasteiger partial charge in [-0.2, -0.15) is 0 Å². The zero-order valence-electron chi connectivity index (χ0n) is 10.5. The normalized spacial score (nSPS) is 19.2. The van der Waals surface area contributed by atoms with E-state index in [2.05, 4.69) is 32.9 Å². The SMILES string of the molecule is Cc1nc(NC(=O)C2CCC(F)(F)CC2)ccc1I. The first-order chi connectivity index (χ1) is 8.87. The lowest BCUT2D eigenvalue weighted by molar-refractivity contribution is -0.124. The first-order valence-corrected chi connectivity index (χ1v) is 7.27. The molecule has 1 aromatic heterocycles. The number of hydrogen-bond acceptors (Lipinski definition) is 2. The Bertz CT molecular complexity index is 484. The Balaban J connectivity index is 1.96. The zero-order chi connectivity index (χ0) is 14.0. The number of carbonyl (C=O) groups excluding carboxylic acids is 1. The van der Waals surface area contributed by atoms with Gasteiger partial charge in [0.1, 0.15) is 5.82 Å². The minimum absolute atomic E-state index is 0.204. The van der Waals surface area contributed by atoms with Crippen LogP contribution in [-0.2, 0) is 4.79 Å². The molecule has 3 nitrogen and oxygen atoms in total. The second-order valence-electron chi connectivity index (χ2n) is 4.88. The maximum absolute atomic E-state index is 13.0. The number of aryl methyl sites for hydroxylation is 1. The summed E-state index contributed by atoms with van der Waals surface area (Å²) in [5, 5.41) is 2.71. The van der Waals surface area contributed by atoms with E-state index >= 15 is 0 Å². The summed E-state index contributed by atoms with van der Waals surface area (Å²) >= 11 is 2.16. The van der Waals surface area contributed by atoms with E-state index < -0.39 is 5.92 Å². The molecule has 0 bridgehead atoms. The van der Waals surface area contributed by atoms with Crippen molar-refractivity contribution in [1.29, 1.82) is 0 Å². The highest BCUT2D eigenvalue weighted by Crippen LogP contribution is 2.36. The minimum Gasteiger partial charge on any atom is -0.310 e. The zero-order valence-corrected chi connectivity index (χ0v) is 12.7. The molecular formula is C13H15F2IN2O. The number of halogens is 3. The van der Waals surface area contributed by atoms with Crippen LogP contribution in [0, 0.1) is 16.4 Å². The van der Waals surface area contributed by atoms with Gasteiger partial charge < -0.3 is 5.32 Å². The van der Waals surface area contributed by atoms with Crippen LogP contribution >= 0.6 is 22.6 Å². The summed E-state index contributed by atoms with van der Waals surface area (Å²) in [5.74, 6) is -2.65. The van der Waals surface area contributed by atoms with Crippen molar-refractivity contribution in [3.05, 3.63) is 21.4 Å². The Kier molecular flexibility index (Phi) is 4.37. The topological polar surface area (TPSA) is 42.0 Å². The number of nitrogens with zero attached hydrogens (tertiary/aromatic N) is 1. The first kappa shape index (κ1) is 14.6. The smallest absolute Gasteiger partial charge is 0.248 e. The van der Waals surface area contributed by atoms with Crippen LogP contribution in [0.2, 0.25) is 0 Å². The number of rotatable bonds is 2. The van der Waals surface area contributed by atoms with Crippen LogP contribution < -0.4 is 5.32 Å². The summed E-state index contributed by atoms with van der Waals surface area (Å²) < 4.78 is 27.1.